The van der Waals surface area contributed by atoms with Gasteiger partial charge in [-0.15, -0.1) is 0 Å². The van der Waals surface area contributed by atoms with Gasteiger partial charge in [-0.3, -0.25) is 14.6 Å². The number of rotatable bonds is 4. The fourth-order valence-electron chi connectivity index (χ4n) is 4.46. The lowest BCUT2D eigenvalue weighted by Crippen LogP contribution is -2.54. The molecule has 0 spiro atoms. The quantitative estimate of drug-likeness (QED) is 0.802. The first kappa shape index (κ1) is 20.1. The van der Waals surface area contributed by atoms with Crippen molar-refractivity contribution in [3.05, 3.63) is 53.5 Å². The molecule has 2 saturated heterocycles. The lowest BCUT2D eigenvalue weighted by atomic mass is 10.1. The van der Waals surface area contributed by atoms with Gasteiger partial charge >= 0.3 is 6.09 Å². The number of carbonyl (C=O) groups excluding carboxylic acids is 2. The maximum Gasteiger partial charge on any atom is 0.414 e. The number of piperazine rings is 1. The van der Waals surface area contributed by atoms with Crippen molar-refractivity contribution in [2.75, 3.05) is 37.7 Å². The molecule has 1 saturated carbocycles. The second-order valence-corrected chi connectivity index (χ2v) is 8.68. The molecule has 1 unspecified atom stereocenters. The molecule has 1 aliphatic carbocycles. The number of hydrogen-bond acceptors (Lipinski definition) is 5. The molecule has 7 nitrogen and oxygen atoms in total. The van der Waals surface area contributed by atoms with Crippen LogP contribution in [0.3, 0.4) is 0 Å². The molecule has 3 fully saturated rings. The van der Waals surface area contributed by atoms with Crippen molar-refractivity contribution in [1.82, 2.24) is 15.1 Å². The number of carbonyl (C=O) groups is 2. The minimum absolute atomic E-state index is 0.0325. The smallest absolute Gasteiger partial charge is 0.414 e. The normalized spacial score (nSPS) is 26.5. The second kappa shape index (κ2) is 8.00. The number of nitrogens with one attached hydrogen (secondary N) is 1. The average molecular weight is 426 g/mol. The highest BCUT2D eigenvalue weighted by Crippen LogP contribution is 2.37. The highest BCUT2D eigenvalue weighted by molar-refractivity contribution is 5.96. The second-order valence-electron chi connectivity index (χ2n) is 8.68. The third-order valence-electron chi connectivity index (χ3n) is 6.48. The summed E-state index contributed by atoms with van der Waals surface area (Å²) >= 11 is 0. The van der Waals surface area contributed by atoms with Crippen LogP contribution < -0.4 is 10.2 Å². The van der Waals surface area contributed by atoms with Crippen LogP contribution in [0, 0.1) is 11.7 Å². The monoisotopic (exact) mass is 426 g/mol. The number of hydrogen-bond donors (Lipinski definition) is 1. The van der Waals surface area contributed by atoms with Crippen molar-refractivity contribution in [2.45, 2.75) is 32.0 Å². The number of cyclic esters (lactones) is 1. The van der Waals surface area contributed by atoms with Gasteiger partial charge in [-0.05, 0) is 55.5 Å². The molecule has 1 aromatic rings. The van der Waals surface area contributed by atoms with Gasteiger partial charge in [0.1, 0.15) is 12.4 Å². The standard InChI is InChI=1S/C23H27FN4O3/c1-15-14-31-23(30)28(15)18-5-6-19(20(24)12-18)22(29)27-10-8-26(9-11-27)21-7-4-17(13-25-21)16-2-3-16/h4-7,12-13,15-16,21,25H,2-3,8-11,14H2,1H3/t15-,21?/m1/s1. The predicted octanol–water partition coefficient (Wildman–Crippen LogP) is 2.71. The van der Waals surface area contributed by atoms with E-state index in [1.165, 1.54) is 35.4 Å². The van der Waals surface area contributed by atoms with E-state index in [4.69, 9.17) is 4.74 Å². The van der Waals surface area contributed by atoms with Crippen molar-refractivity contribution in [1.29, 1.82) is 0 Å². The summed E-state index contributed by atoms with van der Waals surface area (Å²) in [5.74, 6) is -0.213. The molecule has 8 heteroatoms. The molecule has 31 heavy (non-hydrogen) atoms. The number of ether oxygens (including phenoxy) is 1. The van der Waals surface area contributed by atoms with Crippen LogP contribution in [0.2, 0.25) is 0 Å². The summed E-state index contributed by atoms with van der Waals surface area (Å²) in [5.41, 5.74) is 1.81. The summed E-state index contributed by atoms with van der Waals surface area (Å²) in [6.07, 6.45) is 8.72. The number of nitrogens with zero attached hydrogens (tertiary/aromatic N) is 3. The molecule has 0 aromatic heterocycles. The molecule has 2 atom stereocenters. The van der Waals surface area contributed by atoms with E-state index in [-0.39, 0.29) is 30.3 Å². The number of benzene rings is 1. The molecule has 1 N–H and O–H groups in total. The molecule has 3 aliphatic heterocycles. The lowest BCUT2D eigenvalue weighted by molar-refractivity contribution is 0.0583. The van der Waals surface area contributed by atoms with Crippen LogP contribution in [0.15, 0.2) is 42.1 Å². The van der Waals surface area contributed by atoms with Gasteiger partial charge in [-0.1, -0.05) is 6.08 Å². The molecule has 2 amide bonds. The first-order valence-electron chi connectivity index (χ1n) is 10.9. The number of dihydropyridines is 1. The largest absolute Gasteiger partial charge is 0.447 e. The highest BCUT2D eigenvalue weighted by Gasteiger charge is 2.33. The van der Waals surface area contributed by atoms with E-state index in [0.29, 0.717) is 18.8 Å². The van der Waals surface area contributed by atoms with Crippen LogP contribution in [-0.4, -0.2) is 66.8 Å². The zero-order valence-electron chi connectivity index (χ0n) is 17.6. The molecular weight excluding hydrogens is 399 g/mol. The van der Waals surface area contributed by atoms with Crippen molar-refractivity contribution in [3.8, 4) is 0 Å². The van der Waals surface area contributed by atoms with Gasteiger partial charge < -0.3 is 15.0 Å². The van der Waals surface area contributed by atoms with E-state index in [9.17, 15) is 14.0 Å². The Balaban J connectivity index is 1.20. The molecule has 4 aliphatic rings. The van der Waals surface area contributed by atoms with Crippen LogP contribution in [0.1, 0.15) is 30.1 Å². The minimum Gasteiger partial charge on any atom is -0.447 e. The van der Waals surface area contributed by atoms with Crippen LogP contribution >= 0.6 is 0 Å². The van der Waals surface area contributed by atoms with Gasteiger partial charge in [-0.2, -0.15) is 0 Å². The summed E-state index contributed by atoms with van der Waals surface area (Å²) in [6.45, 7) is 4.63. The Bertz CT molecular complexity index is 950. The van der Waals surface area contributed by atoms with Crippen molar-refractivity contribution in [2.24, 2.45) is 5.92 Å². The maximum absolute atomic E-state index is 14.8. The zero-order valence-corrected chi connectivity index (χ0v) is 17.6. The Hall–Kier alpha value is -2.87. The summed E-state index contributed by atoms with van der Waals surface area (Å²) < 4.78 is 19.8. The minimum atomic E-state index is -0.619. The zero-order chi connectivity index (χ0) is 21.5. The van der Waals surface area contributed by atoms with Gasteiger partial charge in [-0.25, -0.2) is 9.18 Å². The van der Waals surface area contributed by atoms with Gasteiger partial charge in [0.2, 0.25) is 0 Å². The molecular formula is C23H27FN4O3. The topological polar surface area (TPSA) is 65.1 Å². The summed E-state index contributed by atoms with van der Waals surface area (Å²) in [7, 11) is 0. The Morgan fingerprint density at radius 3 is 2.55 bits per heavy atom. The Kier molecular flexibility index (Phi) is 5.17. The maximum atomic E-state index is 14.8. The van der Waals surface area contributed by atoms with Crippen LogP contribution in [-0.2, 0) is 4.74 Å². The fraction of sp³-hybridized carbons (Fsp3) is 0.478. The van der Waals surface area contributed by atoms with E-state index in [2.05, 4.69) is 28.6 Å². The summed E-state index contributed by atoms with van der Waals surface area (Å²) in [4.78, 5) is 30.2. The molecule has 164 valence electrons. The van der Waals surface area contributed by atoms with Crippen LogP contribution in [0.5, 0.6) is 0 Å². The van der Waals surface area contributed by atoms with E-state index in [1.54, 1.807) is 11.0 Å². The molecule has 5 rings (SSSR count). The van der Waals surface area contributed by atoms with E-state index in [0.717, 1.165) is 19.0 Å². The van der Waals surface area contributed by atoms with Gasteiger partial charge in [0, 0.05) is 32.4 Å². The average Bonchev–Trinajstić information content (AvgIpc) is 3.58. The lowest BCUT2D eigenvalue weighted by Gasteiger charge is -2.39. The van der Waals surface area contributed by atoms with Crippen molar-refractivity contribution < 1.29 is 18.7 Å². The third-order valence-corrected chi connectivity index (χ3v) is 6.48. The summed E-state index contributed by atoms with van der Waals surface area (Å²) in [6, 6.07) is 4.15. The van der Waals surface area contributed by atoms with Gasteiger partial charge in [0.05, 0.1) is 23.5 Å². The van der Waals surface area contributed by atoms with E-state index < -0.39 is 11.9 Å². The van der Waals surface area contributed by atoms with Crippen molar-refractivity contribution in [3.63, 3.8) is 0 Å². The highest BCUT2D eigenvalue weighted by atomic mass is 19.1. The van der Waals surface area contributed by atoms with E-state index in [1.807, 2.05) is 6.92 Å². The van der Waals surface area contributed by atoms with Gasteiger partial charge in [0.15, 0.2) is 0 Å². The predicted molar refractivity (Wildman–Crippen MR) is 114 cm³/mol. The van der Waals surface area contributed by atoms with Gasteiger partial charge in [0.25, 0.3) is 5.91 Å². The van der Waals surface area contributed by atoms with E-state index >= 15 is 0 Å². The number of allylic oxidation sites excluding steroid dienone is 2. The Labute approximate surface area is 181 Å². The Morgan fingerprint density at radius 1 is 1.19 bits per heavy atom. The fourth-order valence-corrected chi connectivity index (χ4v) is 4.46. The van der Waals surface area contributed by atoms with Crippen LogP contribution in [0.4, 0.5) is 14.9 Å². The number of amides is 2. The first-order valence-corrected chi connectivity index (χ1v) is 10.9. The van der Waals surface area contributed by atoms with Crippen molar-refractivity contribution >= 4 is 17.7 Å². The first-order chi connectivity index (χ1) is 15.0. The Morgan fingerprint density at radius 2 is 1.97 bits per heavy atom. The summed E-state index contributed by atoms with van der Waals surface area (Å²) in [5, 5.41) is 3.46. The number of anilines is 1. The third kappa shape index (κ3) is 3.92. The molecule has 0 radical (unpaired) electrons. The molecule has 3 heterocycles. The SMILES string of the molecule is C[C@@H]1COC(=O)N1c1ccc(C(=O)N2CCN(C3C=CC(C4CC4)=CN3)CC2)c(F)c1. The number of halogens is 1. The molecule has 1 aromatic carbocycles. The molecule has 0 bridgehead atoms. The van der Waals surface area contributed by atoms with Crippen LogP contribution in [0.25, 0.3) is 0 Å².